The molecule has 20 heavy (non-hydrogen) atoms. The third-order valence-electron chi connectivity index (χ3n) is 3.92. The van der Waals surface area contributed by atoms with Crippen molar-refractivity contribution in [2.75, 3.05) is 0 Å². The molecule has 0 heterocycles. The Morgan fingerprint density at radius 2 is 1.65 bits per heavy atom. The zero-order valence-electron chi connectivity index (χ0n) is 14.4. The summed E-state index contributed by atoms with van der Waals surface area (Å²) in [6.07, 6.45) is 18.1. The van der Waals surface area contributed by atoms with Crippen LogP contribution >= 0.6 is 0 Å². The topological polar surface area (TPSA) is 0 Å². The van der Waals surface area contributed by atoms with Gasteiger partial charge in [0.2, 0.25) is 0 Å². The van der Waals surface area contributed by atoms with Crippen LogP contribution < -0.4 is 0 Å². The minimum atomic E-state index is 0.769. The van der Waals surface area contributed by atoms with Crippen molar-refractivity contribution in [3.63, 3.8) is 0 Å². The molecule has 2 atom stereocenters. The highest BCUT2D eigenvalue weighted by atomic mass is 14.1. The standard InChI is InChI=1S/C20H36/c1-5-7-9-12-16-20(4)18-14-11-10-13-17-19(3)15-8-6-2/h12,16,19-20H,5,7,9-11,13-15,17-18H2,1-4H3. The lowest BCUT2D eigenvalue weighted by atomic mass is 9.97. The molecule has 0 nitrogen and oxygen atoms in total. The van der Waals surface area contributed by atoms with Crippen molar-refractivity contribution >= 4 is 0 Å². The first-order valence-electron chi connectivity index (χ1n) is 8.77. The van der Waals surface area contributed by atoms with Gasteiger partial charge in [0.15, 0.2) is 0 Å². The number of hydrogen-bond donors (Lipinski definition) is 0. The van der Waals surface area contributed by atoms with Crippen molar-refractivity contribution in [2.45, 2.75) is 91.9 Å². The van der Waals surface area contributed by atoms with Gasteiger partial charge >= 0.3 is 0 Å². The van der Waals surface area contributed by atoms with Crippen LogP contribution in [0, 0.1) is 23.7 Å². The van der Waals surface area contributed by atoms with Crippen LogP contribution in [-0.2, 0) is 0 Å². The van der Waals surface area contributed by atoms with Gasteiger partial charge in [-0.05, 0) is 38.0 Å². The zero-order valence-corrected chi connectivity index (χ0v) is 14.4. The summed E-state index contributed by atoms with van der Waals surface area (Å²) in [4.78, 5) is 0. The van der Waals surface area contributed by atoms with Crippen LogP contribution in [0.1, 0.15) is 91.9 Å². The van der Waals surface area contributed by atoms with E-state index in [0.717, 1.165) is 18.3 Å². The third-order valence-corrected chi connectivity index (χ3v) is 3.92. The second-order valence-electron chi connectivity index (χ2n) is 6.28. The van der Waals surface area contributed by atoms with Crippen molar-refractivity contribution in [2.24, 2.45) is 11.8 Å². The zero-order chi connectivity index (χ0) is 15.1. The minimum Gasteiger partial charge on any atom is -0.107 e. The number of hydrogen-bond acceptors (Lipinski definition) is 0. The Morgan fingerprint density at radius 1 is 0.950 bits per heavy atom. The van der Waals surface area contributed by atoms with Crippen LogP contribution in [0.4, 0.5) is 0 Å². The van der Waals surface area contributed by atoms with Crippen molar-refractivity contribution in [1.82, 2.24) is 0 Å². The van der Waals surface area contributed by atoms with E-state index in [1.807, 2.05) is 6.92 Å². The average molecular weight is 277 g/mol. The fraction of sp³-hybridized carbons (Fsp3) is 0.800. The molecule has 0 rings (SSSR count). The summed E-state index contributed by atoms with van der Waals surface area (Å²) in [5.41, 5.74) is 0. The molecule has 0 aromatic carbocycles. The van der Waals surface area contributed by atoms with Gasteiger partial charge in [0.05, 0.1) is 0 Å². The first-order chi connectivity index (χ1) is 9.70. The quantitative estimate of drug-likeness (QED) is 0.210. The summed E-state index contributed by atoms with van der Waals surface area (Å²) in [6, 6.07) is 0. The van der Waals surface area contributed by atoms with Gasteiger partial charge in [0.25, 0.3) is 0 Å². The Hall–Kier alpha value is -0.700. The summed E-state index contributed by atoms with van der Waals surface area (Å²) in [5.74, 6) is 7.73. The molecule has 0 spiro atoms. The predicted octanol–water partition coefficient (Wildman–Crippen LogP) is 6.76. The highest BCUT2D eigenvalue weighted by molar-refractivity contribution is 4.95. The lowest BCUT2D eigenvalue weighted by Gasteiger charge is -2.08. The summed E-state index contributed by atoms with van der Waals surface area (Å²) < 4.78 is 0. The SMILES string of the molecule is CC#CCC(C)CCCCCCC(C)C=CCCCC. The minimum absolute atomic E-state index is 0.769. The molecule has 2 unspecified atom stereocenters. The number of allylic oxidation sites excluding steroid dienone is 2. The van der Waals surface area contributed by atoms with Gasteiger partial charge in [-0.15, -0.1) is 11.8 Å². The van der Waals surface area contributed by atoms with Crippen LogP contribution in [0.5, 0.6) is 0 Å². The Bertz CT molecular complexity index is 276. The van der Waals surface area contributed by atoms with E-state index in [2.05, 4.69) is 44.8 Å². The summed E-state index contributed by atoms with van der Waals surface area (Å²) >= 11 is 0. The van der Waals surface area contributed by atoms with Gasteiger partial charge < -0.3 is 0 Å². The van der Waals surface area contributed by atoms with Crippen molar-refractivity contribution in [3.8, 4) is 11.8 Å². The second kappa shape index (κ2) is 14.7. The van der Waals surface area contributed by atoms with E-state index >= 15 is 0 Å². The van der Waals surface area contributed by atoms with Crippen molar-refractivity contribution in [3.05, 3.63) is 12.2 Å². The highest BCUT2D eigenvalue weighted by Gasteiger charge is 2.00. The van der Waals surface area contributed by atoms with Crippen molar-refractivity contribution in [1.29, 1.82) is 0 Å². The van der Waals surface area contributed by atoms with Gasteiger partial charge in [-0.25, -0.2) is 0 Å². The summed E-state index contributed by atoms with van der Waals surface area (Å²) in [7, 11) is 0. The molecule has 0 heteroatoms. The molecule has 0 aromatic heterocycles. The molecule has 0 saturated heterocycles. The van der Waals surface area contributed by atoms with Gasteiger partial charge in [-0.1, -0.05) is 71.4 Å². The smallest absolute Gasteiger partial charge is 0.0114 e. The normalized spacial score (nSPS) is 14.0. The lowest BCUT2D eigenvalue weighted by Crippen LogP contribution is -1.94. The molecule has 116 valence electrons. The molecule has 0 fully saturated rings. The Labute approximate surface area is 128 Å². The van der Waals surface area contributed by atoms with Gasteiger partial charge in [-0.2, -0.15) is 0 Å². The Kier molecular flexibility index (Phi) is 14.2. The average Bonchev–Trinajstić information content (AvgIpc) is 2.45. The molecule has 0 bridgehead atoms. The molecule has 0 aliphatic rings. The molecular formula is C20H36. The largest absolute Gasteiger partial charge is 0.107 e. The van der Waals surface area contributed by atoms with Crippen LogP contribution in [-0.4, -0.2) is 0 Å². The van der Waals surface area contributed by atoms with E-state index < -0.39 is 0 Å². The van der Waals surface area contributed by atoms with E-state index in [0.29, 0.717) is 0 Å². The van der Waals surface area contributed by atoms with E-state index in [4.69, 9.17) is 0 Å². The first kappa shape index (κ1) is 19.3. The molecule has 0 radical (unpaired) electrons. The van der Waals surface area contributed by atoms with E-state index in [9.17, 15) is 0 Å². The molecule has 0 amide bonds. The van der Waals surface area contributed by atoms with Crippen molar-refractivity contribution < 1.29 is 0 Å². The molecule has 0 aromatic rings. The van der Waals surface area contributed by atoms with E-state index in [1.54, 1.807) is 0 Å². The van der Waals surface area contributed by atoms with Gasteiger partial charge in [0, 0.05) is 6.42 Å². The highest BCUT2D eigenvalue weighted by Crippen LogP contribution is 2.16. The Balaban J connectivity index is 3.38. The first-order valence-corrected chi connectivity index (χ1v) is 8.77. The maximum atomic E-state index is 3.19. The second-order valence-corrected chi connectivity index (χ2v) is 6.28. The number of unbranched alkanes of at least 4 members (excludes halogenated alkanes) is 5. The van der Waals surface area contributed by atoms with Crippen LogP contribution in [0.25, 0.3) is 0 Å². The molecule has 0 aliphatic carbocycles. The fourth-order valence-electron chi connectivity index (χ4n) is 2.44. The molecular weight excluding hydrogens is 240 g/mol. The third kappa shape index (κ3) is 13.7. The maximum Gasteiger partial charge on any atom is 0.0114 e. The van der Waals surface area contributed by atoms with E-state index in [1.165, 1.54) is 57.8 Å². The summed E-state index contributed by atoms with van der Waals surface area (Å²) in [5, 5.41) is 0. The fourth-order valence-corrected chi connectivity index (χ4v) is 2.44. The lowest BCUT2D eigenvalue weighted by molar-refractivity contribution is 0.483. The van der Waals surface area contributed by atoms with Crippen LogP contribution in [0.2, 0.25) is 0 Å². The maximum absolute atomic E-state index is 3.19. The molecule has 0 saturated carbocycles. The molecule has 0 aliphatic heterocycles. The Morgan fingerprint density at radius 3 is 2.30 bits per heavy atom. The van der Waals surface area contributed by atoms with Crippen LogP contribution in [0.15, 0.2) is 12.2 Å². The van der Waals surface area contributed by atoms with E-state index in [-0.39, 0.29) is 0 Å². The predicted molar refractivity (Wildman–Crippen MR) is 92.8 cm³/mol. The summed E-state index contributed by atoms with van der Waals surface area (Å²) in [6.45, 7) is 8.87. The monoisotopic (exact) mass is 276 g/mol. The van der Waals surface area contributed by atoms with Gasteiger partial charge in [-0.3, -0.25) is 0 Å². The number of rotatable bonds is 12. The van der Waals surface area contributed by atoms with Crippen LogP contribution in [0.3, 0.4) is 0 Å². The van der Waals surface area contributed by atoms with Gasteiger partial charge in [0.1, 0.15) is 0 Å². The molecule has 0 N–H and O–H groups in total.